The van der Waals surface area contributed by atoms with Crippen LogP contribution in [0.1, 0.15) is 38.8 Å². The third-order valence-corrected chi connectivity index (χ3v) is 4.25. The summed E-state index contributed by atoms with van der Waals surface area (Å²) in [6, 6.07) is 10.9. The molecule has 2 aromatic rings. The van der Waals surface area contributed by atoms with Crippen molar-refractivity contribution >= 4 is 12.2 Å². The third kappa shape index (κ3) is 6.55. The summed E-state index contributed by atoms with van der Waals surface area (Å²) in [5.41, 5.74) is 1.97. The molecule has 0 aliphatic carbocycles. The van der Waals surface area contributed by atoms with Gasteiger partial charge in [-0.3, -0.25) is 9.69 Å². The average Bonchev–Trinajstić information content (AvgIpc) is 2.80. The molecule has 0 heterocycles. The molecule has 0 amide bonds. The molecule has 0 saturated carbocycles. The van der Waals surface area contributed by atoms with Crippen LogP contribution in [0.4, 0.5) is 0 Å². The Hall–Kier alpha value is -3.90. The van der Waals surface area contributed by atoms with E-state index in [4.69, 9.17) is 32.1 Å². The minimum absolute atomic E-state index is 0.235. The fourth-order valence-corrected chi connectivity index (χ4v) is 2.96. The van der Waals surface area contributed by atoms with Crippen LogP contribution in [0.2, 0.25) is 0 Å². The summed E-state index contributed by atoms with van der Waals surface area (Å²) < 4.78 is 22.5. The average molecular weight is 433 g/mol. The minimum atomic E-state index is 0.235. The summed E-state index contributed by atoms with van der Waals surface area (Å²) in [5.74, 6) is 2.51. The van der Waals surface area contributed by atoms with Gasteiger partial charge in [-0.2, -0.15) is 0 Å². The first-order chi connectivity index (χ1) is 15.6. The van der Waals surface area contributed by atoms with Gasteiger partial charge in [0, 0.05) is 0 Å². The van der Waals surface area contributed by atoms with E-state index < -0.39 is 0 Å². The van der Waals surface area contributed by atoms with Crippen LogP contribution in [0.15, 0.2) is 47.8 Å². The summed E-state index contributed by atoms with van der Waals surface area (Å²) >= 11 is 0. The van der Waals surface area contributed by atoms with Crippen LogP contribution in [0.5, 0.6) is 23.0 Å². The van der Waals surface area contributed by atoms with Crippen molar-refractivity contribution in [1.29, 1.82) is 0 Å². The second-order valence-corrected chi connectivity index (χ2v) is 6.43. The van der Waals surface area contributed by atoms with Crippen LogP contribution in [-0.4, -0.2) is 26.4 Å². The molecule has 0 fully saturated rings. The van der Waals surface area contributed by atoms with Gasteiger partial charge in [-0.15, -0.1) is 0 Å². The molecule has 0 aliphatic rings. The van der Waals surface area contributed by atoms with Crippen molar-refractivity contribution in [2.45, 2.75) is 27.7 Å². The molecule has 2 rings (SSSR count). The van der Waals surface area contributed by atoms with Crippen molar-refractivity contribution < 1.29 is 18.9 Å². The van der Waals surface area contributed by atoms with Gasteiger partial charge in [-0.25, -0.2) is 0 Å². The molecule has 0 bridgehead atoms. The fourth-order valence-electron chi connectivity index (χ4n) is 2.96. The maximum Gasteiger partial charge on any atom is 0.195 e. The van der Waals surface area contributed by atoms with E-state index >= 15 is 0 Å². The molecule has 0 aliphatic heterocycles. The minimum Gasteiger partial charge on any atom is -0.490 e. The van der Waals surface area contributed by atoms with E-state index in [9.17, 15) is 0 Å². The molecule has 0 aromatic heterocycles. The van der Waals surface area contributed by atoms with Gasteiger partial charge in [-0.1, -0.05) is 24.3 Å². The highest BCUT2D eigenvalue weighted by Gasteiger charge is 2.11. The predicted octanol–water partition coefficient (Wildman–Crippen LogP) is 6.50. The van der Waals surface area contributed by atoms with E-state index in [2.05, 4.69) is 9.69 Å². The molecule has 166 valence electrons. The topological polar surface area (TPSA) is 45.6 Å². The molecular weight excluding hydrogens is 404 g/mol. The van der Waals surface area contributed by atoms with Crippen LogP contribution in [0.25, 0.3) is 21.8 Å². The van der Waals surface area contributed by atoms with Crippen molar-refractivity contribution in [3.8, 4) is 23.0 Å². The molecule has 2 aromatic carbocycles. The Morgan fingerprint density at radius 2 is 0.969 bits per heavy atom. The molecular formula is C26H28N2O4. The Bertz CT molecular complexity index is 973. The molecule has 6 nitrogen and oxygen atoms in total. The van der Waals surface area contributed by atoms with Gasteiger partial charge in [0.2, 0.25) is 0 Å². The van der Waals surface area contributed by atoms with Crippen LogP contribution in [0, 0.1) is 13.1 Å². The number of hydrogen-bond donors (Lipinski definition) is 0. The monoisotopic (exact) mass is 432 g/mol. The first-order valence-corrected chi connectivity index (χ1v) is 10.6. The number of hydrogen-bond acceptors (Lipinski definition) is 4. The lowest BCUT2D eigenvalue weighted by Gasteiger charge is -2.12. The molecule has 0 atom stereocenters. The van der Waals surface area contributed by atoms with Gasteiger partial charge >= 0.3 is 0 Å². The molecule has 0 radical (unpaired) electrons. The first-order valence-electron chi connectivity index (χ1n) is 10.6. The predicted molar refractivity (Wildman–Crippen MR) is 127 cm³/mol. The summed E-state index contributed by atoms with van der Waals surface area (Å²) in [6.07, 6.45) is 3.35. The van der Waals surface area contributed by atoms with Crippen molar-refractivity contribution in [2.24, 2.45) is 0 Å². The van der Waals surface area contributed by atoms with Crippen molar-refractivity contribution in [3.63, 3.8) is 0 Å². The van der Waals surface area contributed by atoms with E-state index in [1.54, 1.807) is 12.2 Å². The largest absolute Gasteiger partial charge is 0.490 e. The molecule has 6 heteroatoms. The van der Waals surface area contributed by atoms with Gasteiger partial charge in [-0.05, 0) is 63.1 Å². The first kappa shape index (κ1) is 24.4. The summed E-state index contributed by atoms with van der Waals surface area (Å²) in [7, 11) is 0. The van der Waals surface area contributed by atoms with Gasteiger partial charge in [0.1, 0.15) is 0 Å². The standard InChI is InChI=1S/C26H28N2O4/c1-7-29-23-13-11-19(17-25(23)31-9-3)15-21(27-5)22(28-6)16-20-12-14-24(30-8-2)26(18-20)32-10-4/h11-18H,7-10H2,1-4H3. The highest BCUT2D eigenvalue weighted by molar-refractivity contribution is 5.71. The normalized spacial score (nSPS) is 11.3. The highest BCUT2D eigenvalue weighted by Crippen LogP contribution is 2.32. The maximum absolute atomic E-state index is 7.62. The number of benzene rings is 2. The second kappa shape index (κ2) is 12.7. The Kier molecular flexibility index (Phi) is 9.69. The lowest BCUT2D eigenvalue weighted by Crippen LogP contribution is -1.98. The lowest BCUT2D eigenvalue weighted by atomic mass is 10.1. The Labute approximate surface area is 190 Å². The number of nitrogens with zero attached hydrogens (tertiary/aromatic N) is 2. The highest BCUT2D eigenvalue weighted by atomic mass is 16.5. The van der Waals surface area contributed by atoms with Crippen LogP contribution >= 0.6 is 0 Å². The SMILES string of the molecule is [C-]#[N+]C(=Cc1ccc(OCC)c(OCC)c1)C(=Cc1ccc(OCC)c(OCC)c1)[N+]#[C-]. The molecule has 0 N–H and O–H groups in total. The molecule has 0 unspecified atom stereocenters. The van der Waals surface area contributed by atoms with E-state index in [-0.39, 0.29) is 11.4 Å². The molecule has 0 saturated heterocycles. The van der Waals surface area contributed by atoms with Crippen molar-refractivity contribution in [1.82, 2.24) is 0 Å². The Morgan fingerprint density at radius 3 is 1.28 bits per heavy atom. The summed E-state index contributed by atoms with van der Waals surface area (Å²) in [5, 5.41) is 0. The Balaban J connectivity index is 2.44. The van der Waals surface area contributed by atoms with Gasteiger partial charge in [0.05, 0.1) is 39.6 Å². The zero-order chi connectivity index (χ0) is 23.3. The Morgan fingerprint density at radius 1 is 0.625 bits per heavy atom. The summed E-state index contributed by atoms with van der Waals surface area (Å²) in [6.45, 7) is 24.9. The van der Waals surface area contributed by atoms with E-state index in [1.807, 2.05) is 64.1 Å². The van der Waals surface area contributed by atoms with E-state index in [0.29, 0.717) is 49.4 Å². The van der Waals surface area contributed by atoms with Crippen LogP contribution in [0.3, 0.4) is 0 Å². The van der Waals surface area contributed by atoms with Crippen LogP contribution < -0.4 is 18.9 Å². The fraction of sp³-hybridized carbons (Fsp3) is 0.308. The third-order valence-electron chi connectivity index (χ3n) is 4.25. The van der Waals surface area contributed by atoms with Gasteiger partial charge in [0.25, 0.3) is 0 Å². The van der Waals surface area contributed by atoms with Crippen molar-refractivity contribution in [2.75, 3.05) is 26.4 Å². The van der Waals surface area contributed by atoms with E-state index in [1.165, 1.54) is 0 Å². The molecule has 32 heavy (non-hydrogen) atoms. The quantitative estimate of drug-likeness (QED) is 0.300. The maximum atomic E-state index is 7.62. The van der Waals surface area contributed by atoms with Crippen LogP contribution in [-0.2, 0) is 0 Å². The van der Waals surface area contributed by atoms with Crippen molar-refractivity contribution in [3.05, 3.63) is 81.8 Å². The van der Waals surface area contributed by atoms with Gasteiger partial charge in [0.15, 0.2) is 34.4 Å². The number of ether oxygens (including phenoxy) is 4. The molecule has 0 spiro atoms. The number of rotatable bonds is 11. The second-order valence-electron chi connectivity index (χ2n) is 6.43. The zero-order valence-corrected chi connectivity index (χ0v) is 19.0. The van der Waals surface area contributed by atoms with E-state index in [0.717, 1.165) is 11.1 Å². The lowest BCUT2D eigenvalue weighted by molar-refractivity contribution is 0.287. The zero-order valence-electron chi connectivity index (χ0n) is 19.0. The smallest absolute Gasteiger partial charge is 0.195 e. The summed E-state index contributed by atoms with van der Waals surface area (Å²) in [4.78, 5) is 7.18. The van der Waals surface area contributed by atoms with Gasteiger partial charge < -0.3 is 18.9 Å².